The van der Waals surface area contributed by atoms with Crippen LogP contribution in [0.25, 0.3) is 0 Å². The molecule has 118 valence electrons. The van der Waals surface area contributed by atoms with Crippen LogP contribution in [-0.2, 0) is 15.9 Å². The van der Waals surface area contributed by atoms with Gasteiger partial charge in [0.15, 0.2) is 0 Å². The fraction of sp³-hybridized carbons (Fsp3) is 0.667. The highest BCUT2D eigenvalue weighted by molar-refractivity contribution is 5.33. The van der Waals surface area contributed by atoms with E-state index in [1.54, 1.807) is 7.11 Å². The van der Waals surface area contributed by atoms with Gasteiger partial charge in [-0.15, -0.1) is 0 Å². The summed E-state index contributed by atoms with van der Waals surface area (Å²) < 4.78 is 11.7. The monoisotopic (exact) mass is 291 g/mol. The van der Waals surface area contributed by atoms with Crippen molar-refractivity contribution in [2.75, 3.05) is 20.3 Å². The zero-order valence-corrected chi connectivity index (χ0v) is 13.8. The van der Waals surface area contributed by atoms with Crippen molar-refractivity contribution in [1.82, 2.24) is 5.32 Å². The minimum atomic E-state index is -0.111. The first kappa shape index (κ1) is 16.5. The number of likely N-dealkylation sites (N-methyl/N-ethyl adjacent to an activating group) is 1. The van der Waals surface area contributed by atoms with Crippen molar-refractivity contribution in [3.05, 3.63) is 35.4 Å². The molecule has 0 fully saturated rings. The van der Waals surface area contributed by atoms with Crippen LogP contribution in [-0.4, -0.2) is 32.0 Å². The molecular formula is C18H29NO2. The van der Waals surface area contributed by atoms with E-state index < -0.39 is 0 Å². The van der Waals surface area contributed by atoms with Gasteiger partial charge in [-0.2, -0.15) is 0 Å². The van der Waals surface area contributed by atoms with E-state index in [0.717, 1.165) is 32.4 Å². The minimum Gasteiger partial charge on any atom is -0.379 e. The molecule has 1 aromatic carbocycles. The maximum Gasteiger partial charge on any atom is 0.0773 e. The predicted octanol–water partition coefficient (Wildman–Crippen LogP) is 3.48. The van der Waals surface area contributed by atoms with Gasteiger partial charge < -0.3 is 14.8 Å². The molecule has 2 rings (SSSR count). The molecule has 0 heterocycles. The molecule has 1 aliphatic carbocycles. The van der Waals surface area contributed by atoms with E-state index in [1.165, 1.54) is 11.1 Å². The largest absolute Gasteiger partial charge is 0.379 e. The van der Waals surface area contributed by atoms with E-state index in [4.69, 9.17) is 9.47 Å². The topological polar surface area (TPSA) is 30.5 Å². The fourth-order valence-electron chi connectivity index (χ4n) is 2.93. The lowest BCUT2D eigenvalue weighted by molar-refractivity contribution is -0.0389. The molecule has 21 heavy (non-hydrogen) atoms. The second-order valence-electron chi connectivity index (χ2n) is 6.40. The summed E-state index contributed by atoms with van der Waals surface area (Å²) in [4.78, 5) is 0. The Labute approximate surface area is 129 Å². The van der Waals surface area contributed by atoms with Gasteiger partial charge in [0.25, 0.3) is 0 Å². The van der Waals surface area contributed by atoms with Gasteiger partial charge in [0.05, 0.1) is 17.7 Å². The third kappa shape index (κ3) is 4.29. The lowest BCUT2D eigenvalue weighted by atomic mass is 9.85. The molecule has 2 unspecified atom stereocenters. The number of methoxy groups -OCH3 is 1. The van der Waals surface area contributed by atoms with Gasteiger partial charge in [0, 0.05) is 13.7 Å². The Kier molecular flexibility index (Phi) is 5.80. The Bertz CT molecular complexity index is 445. The molecule has 3 heteroatoms. The van der Waals surface area contributed by atoms with Crippen molar-refractivity contribution >= 4 is 0 Å². The SMILES string of the molecule is CCNC1c2ccccc2CCC1OCCC(C)(C)OC. The van der Waals surface area contributed by atoms with Crippen LogP contribution in [0.1, 0.15) is 50.8 Å². The summed E-state index contributed by atoms with van der Waals surface area (Å²) in [5.41, 5.74) is 2.75. The molecule has 3 nitrogen and oxygen atoms in total. The molecule has 0 saturated heterocycles. The number of hydrogen-bond acceptors (Lipinski definition) is 3. The summed E-state index contributed by atoms with van der Waals surface area (Å²) in [5.74, 6) is 0. The second kappa shape index (κ2) is 7.39. The second-order valence-corrected chi connectivity index (χ2v) is 6.40. The fourth-order valence-corrected chi connectivity index (χ4v) is 2.93. The first-order chi connectivity index (χ1) is 10.1. The van der Waals surface area contributed by atoms with Crippen LogP contribution >= 0.6 is 0 Å². The molecule has 0 amide bonds. The minimum absolute atomic E-state index is 0.111. The standard InChI is InChI=1S/C18H29NO2/c1-5-19-17-15-9-7-6-8-14(15)10-11-16(17)21-13-12-18(2,3)20-4/h6-9,16-17,19H,5,10-13H2,1-4H3. The average Bonchev–Trinajstić information content (AvgIpc) is 2.49. The van der Waals surface area contributed by atoms with E-state index in [0.29, 0.717) is 6.04 Å². The van der Waals surface area contributed by atoms with Crippen LogP contribution in [0, 0.1) is 0 Å². The van der Waals surface area contributed by atoms with Gasteiger partial charge >= 0.3 is 0 Å². The number of nitrogens with one attached hydrogen (secondary N) is 1. The van der Waals surface area contributed by atoms with E-state index in [9.17, 15) is 0 Å². The summed E-state index contributed by atoms with van der Waals surface area (Å²) >= 11 is 0. The summed E-state index contributed by atoms with van der Waals surface area (Å²) in [6.45, 7) is 8.07. The molecule has 1 aliphatic rings. The quantitative estimate of drug-likeness (QED) is 0.834. The maximum absolute atomic E-state index is 6.20. The van der Waals surface area contributed by atoms with Crippen LogP contribution < -0.4 is 5.32 Å². The lowest BCUT2D eigenvalue weighted by Crippen LogP contribution is -2.38. The van der Waals surface area contributed by atoms with Gasteiger partial charge in [-0.1, -0.05) is 31.2 Å². The smallest absolute Gasteiger partial charge is 0.0773 e. The van der Waals surface area contributed by atoms with Gasteiger partial charge in [0.2, 0.25) is 0 Å². The third-order valence-corrected chi connectivity index (χ3v) is 4.47. The van der Waals surface area contributed by atoms with Crippen LogP contribution in [0.2, 0.25) is 0 Å². The average molecular weight is 291 g/mol. The highest BCUT2D eigenvalue weighted by Crippen LogP contribution is 2.32. The van der Waals surface area contributed by atoms with Gasteiger partial charge in [-0.25, -0.2) is 0 Å². The zero-order valence-electron chi connectivity index (χ0n) is 13.8. The molecule has 1 N–H and O–H groups in total. The van der Waals surface area contributed by atoms with E-state index in [2.05, 4.69) is 50.4 Å². The molecule has 0 radical (unpaired) electrons. The van der Waals surface area contributed by atoms with Crippen molar-refractivity contribution in [2.45, 2.75) is 57.8 Å². The van der Waals surface area contributed by atoms with Crippen molar-refractivity contribution < 1.29 is 9.47 Å². The van der Waals surface area contributed by atoms with E-state index >= 15 is 0 Å². The van der Waals surface area contributed by atoms with Crippen LogP contribution in [0.3, 0.4) is 0 Å². The number of benzene rings is 1. The molecule has 0 bridgehead atoms. The molecule has 0 aliphatic heterocycles. The zero-order chi connectivity index (χ0) is 15.3. The highest BCUT2D eigenvalue weighted by atomic mass is 16.5. The first-order valence-electron chi connectivity index (χ1n) is 8.05. The third-order valence-electron chi connectivity index (χ3n) is 4.47. The molecule has 1 aromatic rings. The molecule has 0 saturated carbocycles. The molecule has 2 atom stereocenters. The predicted molar refractivity (Wildman–Crippen MR) is 86.6 cm³/mol. The number of aryl methyl sites for hydroxylation is 1. The lowest BCUT2D eigenvalue weighted by Gasteiger charge is -2.35. The summed E-state index contributed by atoms with van der Waals surface area (Å²) in [7, 11) is 1.76. The summed E-state index contributed by atoms with van der Waals surface area (Å²) in [6, 6.07) is 9.04. The highest BCUT2D eigenvalue weighted by Gasteiger charge is 2.29. The Morgan fingerprint density at radius 2 is 2.05 bits per heavy atom. The van der Waals surface area contributed by atoms with Gasteiger partial charge in [-0.05, 0) is 50.8 Å². The van der Waals surface area contributed by atoms with Crippen molar-refractivity contribution in [2.24, 2.45) is 0 Å². The molecule has 0 spiro atoms. The maximum atomic E-state index is 6.20. The van der Waals surface area contributed by atoms with Gasteiger partial charge in [0.1, 0.15) is 0 Å². The number of hydrogen-bond donors (Lipinski definition) is 1. The first-order valence-corrected chi connectivity index (χ1v) is 8.05. The Balaban J connectivity index is 2.00. The Morgan fingerprint density at radius 1 is 1.29 bits per heavy atom. The Morgan fingerprint density at radius 3 is 2.76 bits per heavy atom. The number of rotatable bonds is 7. The normalized spacial score (nSPS) is 22.1. The molecule has 0 aromatic heterocycles. The van der Waals surface area contributed by atoms with E-state index in [-0.39, 0.29) is 11.7 Å². The number of ether oxygens (including phenoxy) is 2. The summed E-state index contributed by atoms with van der Waals surface area (Å²) in [6.07, 6.45) is 3.37. The van der Waals surface area contributed by atoms with Crippen LogP contribution in [0.5, 0.6) is 0 Å². The van der Waals surface area contributed by atoms with Crippen LogP contribution in [0.4, 0.5) is 0 Å². The van der Waals surface area contributed by atoms with Crippen molar-refractivity contribution in [3.8, 4) is 0 Å². The van der Waals surface area contributed by atoms with E-state index in [1.807, 2.05) is 0 Å². The summed E-state index contributed by atoms with van der Waals surface area (Å²) in [5, 5.41) is 3.60. The Hall–Kier alpha value is -0.900. The number of fused-ring (bicyclic) bond motifs is 1. The molecular weight excluding hydrogens is 262 g/mol. The van der Waals surface area contributed by atoms with Crippen molar-refractivity contribution in [3.63, 3.8) is 0 Å². The van der Waals surface area contributed by atoms with Gasteiger partial charge in [-0.3, -0.25) is 0 Å². The van der Waals surface area contributed by atoms with Crippen molar-refractivity contribution in [1.29, 1.82) is 0 Å². The van der Waals surface area contributed by atoms with Crippen LogP contribution in [0.15, 0.2) is 24.3 Å².